The maximum atomic E-state index is 5.95. The van der Waals surface area contributed by atoms with E-state index in [9.17, 15) is 0 Å². The number of para-hydroxylation sites is 1. The van der Waals surface area contributed by atoms with Gasteiger partial charge < -0.3 is 10.1 Å². The molecule has 1 N–H and O–H groups in total. The SMILES string of the molecule is CNC1CCC(c2ccccc2OC(C)C)C1C. The summed E-state index contributed by atoms with van der Waals surface area (Å²) in [6.45, 7) is 6.53. The minimum absolute atomic E-state index is 0.239. The molecule has 0 heterocycles. The molecule has 1 aliphatic carbocycles. The fourth-order valence-corrected chi connectivity index (χ4v) is 3.16. The predicted octanol–water partition coefficient (Wildman–Crippen LogP) is 3.58. The molecule has 0 aromatic heterocycles. The Balaban J connectivity index is 2.23. The molecule has 0 spiro atoms. The molecule has 1 aromatic rings. The lowest BCUT2D eigenvalue weighted by atomic mass is 9.88. The lowest BCUT2D eigenvalue weighted by Crippen LogP contribution is -2.28. The first-order valence-corrected chi connectivity index (χ1v) is 7.06. The summed E-state index contributed by atoms with van der Waals surface area (Å²) < 4.78 is 5.95. The van der Waals surface area contributed by atoms with Gasteiger partial charge in [-0.05, 0) is 57.2 Å². The zero-order chi connectivity index (χ0) is 13.1. The third-order valence-corrected chi connectivity index (χ3v) is 4.11. The van der Waals surface area contributed by atoms with Gasteiger partial charge in [0.2, 0.25) is 0 Å². The summed E-state index contributed by atoms with van der Waals surface area (Å²) in [6, 6.07) is 9.17. The summed E-state index contributed by atoms with van der Waals surface area (Å²) in [4.78, 5) is 0. The summed E-state index contributed by atoms with van der Waals surface area (Å²) in [5.74, 6) is 2.37. The van der Waals surface area contributed by atoms with Gasteiger partial charge in [0.25, 0.3) is 0 Å². The lowest BCUT2D eigenvalue weighted by molar-refractivity contribution is 0.237. The quantitative estimate of drug-likeness (QED) is 0.878. The number of hydrogen-bond acceptors (Lipinski definition) is 2. The predicted molar refractivity (Wildman–Crippen MR) is 76.2 cm³/mol. The van der Waals surface area contributed by atoms with E-state index in [2.05, 4.69) is 57.4 Å². The number of hydrogen-bond donors (Lipinski definition) is 1. The highest BCUT2D eigenvalue weighted by molar-refractivity contribution is 5.37. The van der Waals surface area contributed by atoms with Crippen molar-refractivity contribution in [2.24, 2.45) is 5.92 Å². The van der Waals surface area contributed by atoms with Crippen LogP contribution in [0.5, 0.6) is 5.75 Å². The molecular weight excluding hydrogens is 222 g/mol. The Morgan fingerprint density at radius 2 is 1.94 bits per heavy atom. The van der Waals surface area contributed by atoms with E-state index in [0.717, 1.165) is 5.75 Å². The van der Waals surface area contributed by atoms with E-state index in [4.69, 9.17) is 4.74 Å². The highest BCUT2D eigenvalue weighted by Gasteiger charge is 2.34. The van der Waals surface area contributed by atoms with Crippen LogP contribution in [0.3, 0.4) is 0 Å². The van der Waals surface area contributed by atoms with E-state index in [0.29, 0.717) is 17.9 Å². The van der Waals surface area contributed by atoms with Crippen molar-refractivity contribution in [2.45, 2.75) is 51.7 Å². The molecule has 2 heteroatoms. The van der Waals surface area contributed by atoms with Gasteiger partial charge in [-0.1, -0.05) is 25.1 Å². The van der Waals surface area contributed by atoms with Gasteiger partial charge in [-0.2, -0.15) is 0 Å². The molecule has 1 aliphatic rings. The highest BCUT2D eigenvalue weighted by Crippen LogP contribution is 2.42. The first kappa shape index (κ1) is 13.4. The van der Waals surface area contributed by atoms with Crippen LogP contribution in [0.4, 0.5) is 0 Å². The second-order valence-corrected chi connectivity index (χ2v) is 5.64. The molecule has 3 unspecified atom stereocenters. The largest absolute Gasteiger partial charge is 0.491 e. The van der Waals surface area contributed by atoms with Crippen molar-refractivity contribution in [1.82, 2.24) is 5.32 Å². The molecular formula is C16H25NO. The second-order valence-electron chi connectivity index (χ2n) is 5.64. The lowest BCUT2D eigenvalue weighted by Gasteiger charge is -2.23. The van der Waals surface area contributed by atoms with Gasteiger partial charge in [-0.25, -0.2) is 0 Å². The second kappa shape index (κ2) is 5.75. The minimum Gasteiger partial charge on any atom is -0.491 e. The Kier molecular flexibility index (Phi) is 4.28. The molecule has 0 saturated heterocycles. The van der Waals surface area contributed by atoms with Gasteiger partial charge >= 0.3 is 0 Å². The monoisotopic (exact) mass is 247 g/mol. The van der Waals surface area contributed by atoms with Crippen molar-refractivity contribution >= 4 is 0 Å². The van der Waals surface area contributed by atoms with Crippen LogP contribution in [0, 0.1) is 5.92 Å². The van der Waals surface area contributed by atoms with E-state index in [1.54, 1.807) is 0 Å². The van der Waals surface area contributed by atoms with Crippen molar-refractivity contribution in [3.63, 3.8) is 0 Å². The maximum absolute atomic E-state index is 5.95. The Labute approximate surface area is 111 Å². The van der Waals surface area contributed by atoms with Crippen LogP contribution in [-0.4, -0.2) is 19.2 Å². The van der Waals surface area contributed by atoms with Crippen LogP contribution >= 0.6 is 0 Å². The van der Waals surface area contributed by atoms with Gasteiger partial charge in [0.1, 0.15) is 5.75 Å². The van der Waals surface area contributed by atoms with Gasteiger partial charge in [-0.15, -0.1) is 0 Å². The van der Waals surface area contributed by atoms with Crippen molar-refractivity contribution in [3.05, 3.63) is 29.8 Å². The van der Waals surface area contributed by atoms with Crippen LogP contribution in [0.15, 0.2) is 24.3 Å². The van der Waals surface area contributed by atoms with Gasteiger partial charge in [0.15, 0.2) is 0 Å². The van der Waals surface area contributed by atoms with Gasteiger partial charge in [-0.3, -0.25) is 0 Å². The molecule has 0 bridgehead atoms. The van der Waals surface area contributed by atoms with Crippen molar-refractivity contribution in [2.75, 3.05) is 7.05 Å². The maximum Gasteiger partial charge on any atom is 0.123 e. The van der Waals surface area contributed by atoms with Crippen LogP contribution in [0.1, 0.15) is 45.1 Å². The average molecular weight is 247 g/mol. The molecule has 1 fully saturated rings. The fourth-order valence-electron chi connectivity index (χ4n) is 3.16. The Morgan fingerprint density at radius 1 is 1.22 bits per heavy atom. The molecule has 2 rings (SSSR count). The van der Waals surface area contributed by atoms with Crippen LogP contribution in [0.2, 0.25) is 0 Å². The molecule has 1 saturated carbocycles. The molecule has 100 valence electrons. The van der Waals surface area contributed by atoms with Crippen molar-refractivity contribution in [1.29, 1.82) is 0 Å². The Morgan fingerprint density at radius 3 is 2.56 bits per heavy atom. The first-order valence-electron chi connectivity index (χ1n) is 7.06. The third kappa shape index (κ3) is 2.69. The van der Waals surface area contributed by atoms with Crippen LogP contribution < -0.4 is 10.1 Å². The molecule has 0 radical (unpaired) electrons. The highest BCUT2D eigenvalue weighted by atomic mass is 16.5. The molecule has 0 amide bonds. The van der Waals surface area contributed by atoms with Gasteiger partial charge in [0, 0.05) is 6.04 Å². The summed E-state index contributed by atoms with van der Waals surface area (Å²) in [5.41, 5.74) is 1.39. The average Bonchev–Trinajstić information content (AvgIpc) is 2.70. The molecule has 0 aliphatic heterocycles. The van der Waals surface area contributed by atoms with Gasteiger partial charge in [0.05, 0.1) is 6.10 Å². The number of rotatable bonds is 4. The zero-order valence-electron chi connectivity index (χ0n) is 11.9. The van der Waals surface area contributed by atoms with E-state index in [-0.39, 0.29) is 6.10 Å². The molecule has 1 aromatic carbocycles. The van der Waals surface area contributed by atoms with Crippen molar-refractivity contribution in [3.8, 4) is 5.75 Å². The van der Waals surface area contributed by atoms with Crippen LogP contribution in [0.25, 0.3) is 0 Å². The summed E-state index contributed by atoms with van der Waals surface area (Å²) >= 11 is 0. The first-order chi connectivity index (χ1) is 8.63. The van der Waals surface area contributed by atoms with Crippen LogP contribution in [-0.2, 0) is 0 Å². The fraction of sp³-hybridized carbons (Fsp3) is 0.625. The standard InChI is InChI=1S/C16H25NO/c1-11(2)18-16-8-6-5-7-14(16)13-9-10-15(17-4)12(13)3/h5-8,11-13,15,17H,9-10H2,1-4H3. The molecule has 2 nitrogen and oxygen atoms in total. The Bertz CT molecular complexity index is 388. The van der Waals surface area contributed by atoms with E-state index in [1.807, 2.05) is 0 Å². The van der Waals surface area contributed by atoms with E-state index >= 15 is 0 Å². The molecule has 18 heavy (non-hydrogen) atoms. The third-order valence-electron chi connectivity index (χ3n) is 4.11. The summed E-state index contributed by atoms with van der Waals surface area (Å²) in [5, 5.41) is 3.43. The topological polar surface area (TPSA) is 21.3 Å². The summed E-state index contributed by atoms with van der Waals surface area (Å²) in [7, 11) is 2.07. The van der Waals surface area contributed by atoms with Crippen molar-refractivity contribution < 1.29 is 4.74 Å². The minimum atomic E-state index is 0.239. The van der Waals surface area contributed by atoms with E-state index in [1.165, 1.54) is 18.4 Å². The number of ether oxygens (including phenoxy) is 1. The normalized spacial score (nSPS) is 27.7. The smallest absolute Gasteiger partial charge is 0.123 e. The Hall–Kier alpha value is -1.02. The van der Waals surface area contributed by atoms with E-state index < -0.39 is 0 Å². The molecule has 3 atom stereocenters. The number of nitrogens with one attached hydrogen (secondary N) is 1. The number of benzene rings is 1. The summed E-state index contributed by atoms with van der Waals surface area (Å²) in [6.07, 6.45) is 2.76. The zero-order valence-corrected chi connectivity index (χ0v) is 11.9.